The molecule has 0 aromatic heterocycles. The molecule has 1 aliphatic rings. The summed E-state index contributed by atoms with van der Waals surface area (Å²) < 4.78 is 0. The number of Topliss-reactive ketones (excluding diaryl/α,β-unsaturated/α-hetero) is 1. The average Bonchev–Trinajstić information content (AvgIpc) is 2.59. The van der Waals surface area contributed by atoms with E-state index in [0.29, 0.717) is 6.42 Å². The van der Waals surface area contributed by atoms with E-state index in [0.717, 1.165) is 11.1 Å². The number of rotatable bonds is 3. The molecular weight excluding hydrogens is 300 g/mol. The number of carbonyl (C=O) groups excluding carboxylic acids is 2. The molecule has 1 fully saturated rings. The van der Waals surface area contributed by atoms with E-state index >= 15 is 0 Å². The Kier molecular flexibility index (Phi) is 4.76. The van der Waals surface area contributed by atoms with Gasteiger partial charge in [-0.15, -0.1) is 0 Å². The molecule has 2 aromatic rings. The summed E-state index contributed by atoms with van der Waals surface area (Å²) in [4.78, 5) is 26.6. The van der Waals surface area contributed by atoms with Crippen molar-refractivity contribution in [2.24, 2.45) is 0 Å². The second kappa shape index (κ2) is 6.97. The lowest BCUT2D eigenvalue weighted by molar-refractivity contribution is -0.133. The van der Waals surface area contributed by atoms with Gasteiger partial charge >= 0.3 is 0 Å². The fraction of sp³-hybridized carbons (Fsp3) is 0.300. The van der Waals surface area contributed by atoms with Crippen LogP contribution in [0, 0.1) is 0 Å². The summed E-state index contributed by atoms with van der Waals surface area (Å²) in [6.45, 7) is 1.46. The first-order valence-corrected chi connectivity index (χ1v) is 8.19. The minimum Gasteiger partial charge on any atom is -0.345 e. The Balaban J connectivity index is 2.00. The van der Waals surface area contributed by atoms with Crippen molar-refractivity contribution in [3.8, 4) is 0 Å². The number of hydrogen-bond acceptors (Lipinski definition) is 3. The molecule has 1 saturated heterocycles. The average molecular weight is 322 g/mol. The van der Waals surface area contributed by atoms with Crippen molar-refractivity contribution >= 4 is 11.7 Å². The summed E-state index contributed by atoms with van der Waals surface area (Å²) >= 11 is 0. The molecule has 0 saturated carbocycles. The van der Waals surface area contributed by atoms with Crippen LogP contribution in [0.5, 0.6) is 0 Å². The van der Waals surface area contributed by atoms with Gasteiger partial charge in [0.25, 0.3) is 0 Å². The van der Waals surface area contributed by atoms with Crippen molar-refractivity contribution < 1.29 is 9.59 Å². The molecule has 1 aliphatic heterocycles. The molecule has 1 amide bonds. The van der Waals surface area contributed by atoms with E-state index in [1.54, 1.807) is 0 Å². The zero-order valence-corrected chi connectivity index (χ0v) is 14.0. The molecule has 1 N–H and O–H groups in total. The van der Waals surface area contributed by atoms with Gasteiger partial charge in [-0.1, -0.05) is 60.7 Å². The minimum absolute atomic E-state index is 0.00825. The maximum absolute atomic E-state index is 12.8. The summed E-state index contributed by atoms with van der Waals surface area (Å²) in [6, 6.07) is 19.3. The van der Waals surface area contributed by atoms with Crippen LogP contribution in [0.2, 0.25) is 0 Å². The molecule has 4 nitrogen and oxygen atoms in total. The summed E-state index contributed by atoms with van der Waals surface area (Å²) in [5.41, 5.74) is 2.16. The number of nitrogens with zero attached hydrogens (tertiary/aromatic N) is 1. The summed E-state index contributed by atoms with van der Waals surface area (Å²) in [5, 5.41) is 2.85. The highest BCUT2D eigenvalue weighted by Crippen LogP contribution is 2.38. The Labute approximate surface area is 142 Å². The highest BCUT2D eigenvalue weighted by Gasteiger charge is 2.42. The van der Waals surface area contributed by atoms with Crippen LogP contribution in [0.15, 0.2) is 60.7 Å². The van der Waals surface area contributed by atoms with Gasteiger partial charge in [0.2, 0.25) is 5.91 Å². The number of piperidine rings is 1. The van der Waals surface area contributed by atoms with Crippen molar-refractivity contribution in [3.63, 3.8) is 0 Å². The highest BCUT2D eigenvalue weighted by atomic mass is 16.2. The number of ketones is 1. The van der Waals surface area contributed by atoms with Gasteiger partial charge < -0.3 is 5.32 Å². The molecule has 0 bridgehead atoms. The normalized spacial score (nSPS) is 24.6. The lowest BCUT2D eigenvalue weighted by atomic mass is 9.83. The van der Waals surface area contributed by atoms with Crippen molar-refractivity contribution in [3.05, 3.63) is 71.8 Å². The smallest absolute Gasteiger partial charge is 0.217 e. The Bertz CT molecular complexity index is 715. The van der Waals surface area contributed by atoms with Crippen LogP contribution < -0.4 is 5.32 Å². The number of carbonyl (C=O) groups is 2. The molecule has 124 valence electrons. The van der Waals surface area contributed by atoms with E-state index in [2.05, 4.69) is 22.3 Å². The van der Waals surface area contributed by atoms with Gasteiger partial charge in [-0.25, -0.2) is 0 Å². The molecular formula is C20H22N2O2. The van der Waals surface area contributed by atoms with E-state index in [9.17, 15) is 9.59 Å². The van der Waals surface area contributed by atoms with E-state index < -0.39 is 6.04 Å². The molecule has 3 atom stereocenters. The van der Waals surface area contributed by atoms with E-state index in [1.807, 2.05) is 55.6 Å². The lowest BCUT2D eigenvalue weighted by Gasteiger charge is -2.44. The predicted molar refractivity (Wildman–Crippen MR) is 93.4 cm³/mol. The number of hydrogen-bond donors (Lipinski definition) is 1. The first kappa shape index (κ1) is 16.4. The van der Waals surface area contributed by atoms with Crippen molar-refractivity contribution in [2.75, 3.05) is 7.05 Å². The SMILES string of the molecule is CC(=O)N[C@@H]1C(=O)C[C@@H](c2ccccc2)N(C)[C@H]1c1ccccc1. The van der Waals surface area contributed by atoms with Gasteiger partial charge in [0.15, 0.2) is 5.78 Å². The number of benzene rings is 2. The number of nitrogens with one attached hydrogen (secondary N) is 1. The van der Waals surface area contributed by atoms with Crippen LogP contribution in [-0.2, 0) is 9.59 Å². The Morgan fingerprint density at radius 2 is 1.54 bits per heavy atom. The highest BCUT2D eigenvalue weighted by molar-refractivity contribution is 5.90. The first-order valence-electron chi connectivity index (χ1n) is 8.19. The van der Waals surface area contributed by atoms with Crippen LogP contribution in [0.4, 0.5) is 0 Å². The second-order valence-corrected chi connectivity index (χ2v) is 6.30. The third-order valence-corrected chi connectivity index (χ3v) is 4.67. The molecule has 4 heteroatoms. The van der Waals surface area contributed by atoms with Gasteiger partial charge in [0, 0.05) is 19.4 Å². The Morgan fingerprint density at radius 3 is 2.08 bits per heavy atom. The quantitative estimate of drug-likeness (QED) is 0.945. The van der Waals surface area contributed by atoms with Crippen LogP contribution in [0.1, 0.15) is 36.6 Å². The van der Waals surface area contributed by atoms with Crippen molar-refractivity contribution in [2.45, 2.75) is 31.5 Å². The lowest BCUT2D eigenvalue weighted by Crippen LogP contribution is -2.54. The molecule has 3 rings (SSSR count). The maximum Gasteiger partial charge on any atom is 0.217 e. The number of likely N-dealkylation sites (N-methyl/N-ethyl adjacent to an activating group) is 1. The molecule has 24 heavy (non-hydrogen) atoms. The third-order valence-electron chi connectivity index (χ3n) is 4.67. The van der Waals surface area contributed by atoms with Crippen molar-refractivity contribution in [1.29, 1.82) is 0 Å². The number of likely N-dealkylation sites (tertiary alicyclic amines) is 1. The molecule has 0 spiro atoms. The second-order valence-electron chi connectivity index (χ2n) is 6.30. The van der Waals surface area contributed by atoms with Crippen LogP contribution in [0.25, 0.3) is 0 Å². The molecule has 1 heterocycles. The van der Waals surface area contributed by atoms with E-state index in [-0.39, 0.29) is 23.8 Å². The predicted octanol–water partition coefficient (Wildman–Crippen LogP) is 2.88. The zero-order chi connectivity index (χ0) is 17.1. The largest absolute Gasteiger partial charge is 0.345 e. The van der Waals surface area contributed by atoms with Gasteiger partial charge in [-0.3, -0.25) is 14.5 Å². The third kappa shape index (κ3) is 3.24. The van der Waals surface area contributed by atoms with Crippen LogP contribution in [-0.4, -0.2) is 29.7 Å². The van der Waals surface area contributed by atoms with Crippen LogP contribution in [0.3, 0.4) is 0 Å². The van der Waals surface area contributed by atoms with Gasteiger partial charge in [-0.2, -0.15) is 0 Å². The molecule has 2 aromatic carbocycles. The van der Waals surface area contributed by atoms with E-state index in [4.69, 9.17) is 0 Å². The number of amides is 1. The Hall–Kier alpha value is -2.46. The molecule has 0 aliphatic carbocycles. The topological polar surface area (TPSA) is 49.4 Å². The fourth-order valence-electron chi connectivity index (χ4n) is 3.55. The van der Waals surface area contributed by atoms with E-state index in [1.165, 1.54) is 6.92 Å². The van der Waals surface area contributed by atoms with Gasteiger partial charge in [-0.05, 0) is 18.2 Å². The molecule has 0 radical (unpaired) electrons. The fourth-order valence-corrected chi connectivity index (χ4v) is 3.55. The van der Waals surface area contributed by atoms with Gasteiger partial charge in [0.1, 0.15) is 6.04 Å². The summed E-state index contributed by atoms with van der Waals surface area (Å²) in [6.07, 6.45) is 0.398. The van der Waals surface area contributed by atoms with Crippen LogP contribution >= 0.6 is 0 Å². The maximum atomic E-state index is 12.8. The summed E-state index contributed by atoms with van der Waals surface area (Å²) in [7, 11) is 2.02. The minimum atomic E-state index is -0.519. The standard InChI is InChI=1S/C20H22N2O2/c1-14(23)21-19-18(24)13-17(15-9-5-3-6-10-15)22(2)20(19)16-11-7-4-8-12-16/h3-12,17,19-20H,13H2,1-2H3,(H,21,23)/t17-,19+,20-/m0/s1. The first-order chi connectivity index (χ1) is 11.6. The monoisotopic (exact) mass is 322 g/mol. The van der Waals surface area contributed by atoms with Gasteiger partial charge in [0.05, 0.1) is 6.04 Å². The van der Waals surface area contributed by atoms with Crippen molar-refractivity contribution in [1.82, 2.24) is 10.2 Å². The zero-order valence-electron chi connectivity index (χ0n) is 14.0. The molecule has 0 unspecified atom stereocenters. The summed E-state index contributed by atoms with van der Waals surface area (Å²) in [5.74, 6) is -0.105. The Morgan fingerprint density at radius 1 is 1.00 bits per heavy atom.